The van der Waals surface area contributed by atoms with Gasteiger partial charge in [0.25, 0.3) is 5.69 Å². The predicted molar refractivity (Wildman–Crippen MR) is 62.9 cm³/mol. The van der Waals surface area contributed by atoms with Crippen LogP contribution < -0.4 is 4.90 Å². The van der Waals surface area contributed by atoms with Crippen LogP contribution in [0.2, 0.25) is 0 Å². The number of nitrogens with zero attached hydrogens (tertiary/aromatic N) is 3. The van der Waals surface area contributed by atoms with Gasteiger partial charge in [-0.3, -0.25) is 10.1 Å². The van der Waals surface area contributed by atoms with Crippen LogP contribution in [0.5, 0.6) is 0 Å². The van der Waals surface area contributed by atoms with Gasteiger partial charge in [-0.05, 0) is 12.3 Å². The number of hydrogen-bond acceptors (Lipinski definition) is 5. The zero-order valence-corrected chi connectivity index (χ0v) is 9.61. The molecule has 2 unspecified atom stereocenters. The van der Waals surface area contributed by atoms with Crippen LogP contribution in [-0.2, 0) is 0 Å². The molecule has 1 aromatic heterocycles. The molecule has 0 aliphatic carbocycles. The van der Waals surface area contributed by atoms with Crippen molar-refractivity contribution in [2.45, 2.75) is 19.4 Å². The Morgan fingerprint density at radius 2 is 2.41 bits per heavy atom. The molecular formula is C11H15N3O3. The van der Waals surface area contributed by atoms with Crippen molar-refractivity contribution in [2.24, 2.45) is 5.92 Å². The van der Waals surface area contributed by atoms with Gasteiger partial charge in [0.2, 0.25) is 0 Å². The summed E-state index contributed by atoms with van der Waals surface area (Å²) < 4.78 is 0. The van der Waals surface area contributed by atoms with Crippen LogP contribution in [0.4, 0.5) is 11.5 Å². The Hall–Kier alpha value is -1.69. The molecule has 1 saturated heterocycles. The first-order valence-electron chi connectivity index (χ1n) is 5.61. The lowest BCUT2D eigenvalue weighted by Crippen LogP contribution is -2.42. The Labute approximate surface area is 99.0 Å². The Morgan fingerprint density at radius 1 is 1.65 bits per heavy atom. The quantitative estimate of drug-likeness (QED) is 0.617. The van der Waals surface area contributed by atoms with E-state index in [2.05, 4.69) is 4.98 Å². The van der Waals surface area contributed by atoms with Gasteiger partial charge in [0.05, 0.1) is 17.1 Å². The van der Waals surface area contributed by atoms with Gasteiger partial charge in [0, 0.05) is 25.4 Å². The molecule has 0 saturated carbocycles. The van der Waals surface area contributed by atoms with Gasteiger partial charge >= 0.3 is 0 Å². The number of pyridine rings is 1. The summed E-state index contributed by atoms with van der Waals surface area (Å²) in [6, 6.07) is 2.86. The van der Waals surface area contributed by atoms with E-state index in [0.29, 0.717) is 25.3 Å². The van der Waals surface area contributed by atoms with Gasteiger partial charge in [-0.2, -0.15) is 0 Å². The summed E-state index contributed by atoms with van der Waals surface area (Å²) in [5.41, 5.74) is 0.0498. The lowest BCUT2D eigenvalue weighted by molar-refractivity contribution is -0.384. The molecule has 0 radical (unpaired) electrons. The molecule has 6 heteroatoms. The standard InChI is InChI=1S/C11H15N3O3/c1-8-7-13(5-3-10(8)15)11-6-9(14(16)17)2-4-12-11/h2,4,6,8,10,15H,3,5,7H2,1H3. The number of aliphatic hydroxyl groups excluding tert-OH is 1. The fraction of sp³-hybridized carbons (Fsp3) is 0.545. The van der Waals surface area contributed by atoms with Crippen molar-refractivity contribution in [3.8, 4) is 0 Å². The third kappa shape index (κ3) is 2.52. The van der Waals surface area contributed by atoms with Gasteiger partial charge in [-0.15, -0.1) is 0 Å². The van der Waals surface area contributed by atoms with Crippen molar-refractivity contribution in [1.29, 1.82) is 0 Å². The molecule has 0 aromatic carbocycles. The summed E-state index contributed by atoms with van der Waals surface area (Å²) in [4.78, 5) is 16.4. The molecule has 2 heterocycles. The number of anilines is 1. The third-order valence-electron chi connectivity index (χ3n) is 3.12. The first kappa shape index (κ1) is 11.8. The van der Waals surface area contributed by atoms with Crippen LogP contribution in [0.15, 0.2) is 18.3 Å². The summed E-state index contributed by atoms with van der Waals surface area (Å²) in [6.45, 7) is 3.32. The Bertz CT molecular complexity index is 424. The monoisotopic (exact) mass is 237 g/mol. The van der Waals surface area contributed by atoms with Gasteiger partial charge in [0.15, 0.2) is 0 Å². The molecular weight excluding hydrogens is 222 g/mol. The van der Waals surface area contributed by atoms with Crippen molar-refractivity contribution in [3.63, 3.8) is 0 Å². The average molecular weight is 237 g/mol. The molecule has 1 aliphatic heterocycles. The van der Waals surface area contributed by atoms with Gasteiger partial charge in [-0.1, -0.05) is 6.92 Å². The highest BCUT2D eigenvalue weighted by molar-refractivity contribution is 5.47. The van der Waals surface area contributed by atoms with Gasteiger partial charge in [0.1, 0.15) is 5.82 Å². The SMILES string of the molecule is CC1CN(c2cc([N+](=O)[O-])ccn2)CCC1O. The molecule has 92 valence electrons. The number of piperidine rings is 1. The maximum absolute atomic E-state index is 10.7. The van der Waals surface area contributed by atoms with E-state index in [4.69, 9.17) is 0 Å². The lowest BCUT2D eigenvalue weighted by Gasteiger charge is -2.34. The Morgan fingerprint density at radius 3 is 3.06 bits per heavy atom. The summed E-state index contributed by atoms with van der Waals surface area (Å²) in [5, 5.41) is 20.3. The Balaban J connectivity index is 2.17. The molecule has 2 atom stereocenters. The molecule has 0 bridgehead atoms. The summed E-state index contributed by atoms with van der Waals surface area (Å²) in [7, 11) is 0. The maximum atomic E-state index is 10.7. The van der Waals surface area contributed by atoms with E-state index in [-0.39, 0.29) is 17.7 Å². The first-order chi connectivity index (χ1) is 8.08. The fourth-order valence-electron chi connectivity index (χ4n) is 2.04. The van der Waals surface area contributed by atoms with Gasteiger partial charge in [-0.25, -0.2) is 4.98 Å². The number of aliphatic hydroxyl groups is 1. The minimum atomic E-state index is -0.423. The second kappa shape index (κ2) is 4.67. The van der Waals surface area contributed by atoms with Crippen LogP contribution in [0.3, 0.4) is 0 Å². The molecule has 1 aromatic rings. The van der Waals surface area contributed by atoms with E-state index in [1.54, 1.807) is 0 Å². The van der Waals surface area contributed by atoms with E-state index in [1.165, 1.54) is 18.3 Å². The highest BCUT2D eigenvalue weighted by atomic mass is 16.6. The second-order valence-corrected chi connectivity index (χ2v) is 4.41. The molecule has 2 rings (SSSR count). The van der Waals surface area contributed by atoms with Crippen LogP contribution in [0.1, 0.15) is 13.3 Å². The highest BCUT2D eigenvalue weighted by Gasteiger charge is 2.25. The minimum Gasteiger partial charge on any atom is -0.393 e. The molecule has 6 nitrogen and oxygen atoms in total. The van der Waals surface area contributed by atoms with Crippen LogP contribution >= 0.6 is 0 Å². The molecule has 1 N–H and O–H groups in total. The number of rotatable bonds is 2. The maximum Gasteiger partial charge on any atom is 0.274 e. The highest BCUT2D eigenvalue weighted by Crippen LogP contribution is 2.24. The van der Waals surface area contributed by atoms with E-state index in [1.807, 2.05) is 11.8 Å². The smallest absolute Gasteiger partial charge is 0.274 e. The summed E-state index contributed by atoms with van der Waals surface area (Å²) in [5.74, 6) is 0.766. The topological polar surface area (TPSA) is 79.5 Å². The molecule has 0 amide bonds. The minimum absolute atomic E-state index is 0.0498. The zero-order chi connectivity index (χ0) is 12.4. The molecule has 1 fully saturated rings. The van der Waals surface area contributed by atoms with Crippen molar-refractivity contribution in [1.82, 2.24) is 4.98 Å². The number of hydrogen-bond donors (Lipinski definition) is 1. The average Bonchev–Trinajstić information content (AvgIpc) is 2.33. The molecule has 1 aliphatic rings. The predicted octanol–water partition coefficient (Wildman–Crippen LogP) is 1.20. The van der Waals surface area contributed by atoms with Crippen molar-refractivity contribution in [2.75, 3.05) is 18.0 Å². The van der Waals surface area contributed by atoms with Crippen LogP contribution in [0, 0.1) is 16.0 Å². The van der Waals surface area contributed by atoms with Crippen LogP contribution in [-0.4, -0.2) is 34.2 Å². The fourth-order valence-corrected chi connectivity index (χ4v) is 2.04. The van der Waals surface area contributed by atoms with Crippen molar-refractivity contribution >= 4 is 11.5 Å². The van der Waals surface area contributed by atoms with E-state index < -0.39 is 4.92 Å². The lowest BCUT2D eigenvalue weighted by atomic mass is 9.97. The molecule has 0 spiro atoms. The van der Waals surface area contributed by atoms with Crippen molar-refractivity contribution < 1.29 is 10.0 Å². The van der Waals surface area contributed by atoms with E-state index in [0.717, 1.165) is 0 Å². The number of nitro groups is 1. The van der Waals surface area contributed by atoms with Gasteiger partial charge < -0.3 is 10.0 Å². The summed E-state index contributed by atoms with van der Waals surface area (Å²) in [6.07, 6.45) is 1.83. The largest absolute Gasteiger partial charge is 0.393 e. The second-order valence-electron chi connectivity index (χ2n) is 4.41. The number of aromatic nitrogens is 1. The zero-order valence-electron chi connectivity index (χ0n) is 9.61. The summed E-state index contributed by atoms with van der Waals surface area (Å²) >= 11 is 0. The Kier molecular flexibility index (Phi) is 3.23. The van der Waals surface area contributed by atoms with Crippen molar-refractivity contribution in [3.05, 3.63) is 28.4 Å². The normalized spacial score (nSPS) is 24.7. The van der Waals surface area contributed by atoms with E-state index in [9.17, 15) is 15.2 Å². The third-order valence-corrected chi connectivity index (χ3v) is 3.12. The molecule has 17 heavy (non-hydrogen) atoms. The van der Waals surface area contributed by atoms with Crippen LogP contribution in [0.25, 0.3) is 0 Å². The first-order valence-corrected chi connectivity index (χ1v) is 5.61. The van der Waals surface area contributed by atoms with E-state index >= 15 is 0 Å².